The first kappa shape index (κ1) is 37.3. The van der Waals surface area contributed by atoms with E-state index < -0.39 is 0 Å². The summed E-state index contributed by atoms with van der Waals surface area (Å²) in [7, 11) is 0. The number of hydrogen-bond donors (Lipinski definition) is 0. The van der Waals surface area contributed by atoms with Gasteiger partial charge in [0.15, 0.2) is 0 Å². The summed E-state index contributed by atoms with van der Waals surface area (Å²) in [5, 5.41) is 2.46. The van der Waals surface area contributed by atoms with Crippen molar-refractivity contribution in [2.75, 3.05) is 16.5 Å². The molecule has 4 nitrogen and oxygen atoms in total. The summed E-state index contributed by atoms with van der Waals surface area (Å²) in [4.78, 5) is 9.97. The van der Waals surface area contributed by atoms with Gasteiger partial charge >= 0.3 is 0 Å². The Morgan fingerprint density at radius 2 is 1.06 bits per heavy atom. The van der Waals surface area contributed by atoms with Crippen molar-refractivity contribution in [1.29, 1.82) is 0 Å². The monoisotopic (exact) mass is 798 g/mol. The molecule has 10 aromatic rings. The van der Waals surface area contributed by atoms with Gasteiger partial charge in [-0.3, -0.25) is 4.57 Å². The number of aromatic nitrogens is 2. The van der Waals surface area contributed by atoms with Crippen LogP contribution in [0.15, 0.2) is 219 Å². The van der Waals surface area contributed by atoms with Crippen LogP contribution in [0.2, 0.25) is 0 Å². The molecule has 1 aliphatic heterocycles. The van der Waals surface area contributed by atoms with Crippen molar-refractivity contribution in [2.24, 2.45) is 0 Å². The van der Waals surface area contributed by atoms with Crippen LogP contribution in [0.5, 0.6) is 0 Å². The zero-order valence-electron chi connectivity index (χ0n) is 35.0. The van der Waals surface area contributed by atoms with Gasteiger partial charge in [-0.05, 0) is 88.3 Å². The largest absolute Gasteiger partial charge is 0.321 e. The number of hydrogen-bond acceptors (Lipinski definition) is 3. The maximum Gasteiger partial charge on any atom is 0.137 e. The smallest absolute Gasteiger partial charge is 0.137 e. The van der Waals surface area contributed by atoms with E-state index in [1.54, 1.807) is 0 Å². The number of rotatable bonds is 9. The maximum atomic E-state index is 5.00. The Morgan fingerprint density at radius 3 is 1.79 bits per heavy atom. The van der Waals surface area contributed by atoms with E-state index in [4.69, 9.17) is 4.98 Å². The number of para-hydroxylation sites is 4. The zero-order valence-corrected chi connectivity index (χ0v) is 35.0. The summed E-state index contributed by atoms with van der Waals surface area (Å²) in [6.07, 6.45) is 2.76. The fourth-order valence-electron chi connectivity index (χ4n) is 9.56. The summed E-state index contributed by atoms with van der Waals surface area (Å²) >= 11 is 0. The Hall–Kier alpha value is -7.69. The van der Waals surface area contributed by atoms with Crippen molar-refractivity contribution in [2.45, 2.75) is 25.7 Å². The number of fused-ring (bicyclic) bond motifs is 4. The molecule has 0 saturated carbocycles. The van der Waals surface area contributed by atoms with Gasteiger partial charge in [0.05, 0.1) is 28.1 Å². The predicted octanol–water partition coefficient (Wildman–Crippen LogP) is 14.7. The minimum Gasteiger partial charge on any atom is -0.321 e. The van der Waals surface area contributed by atoms with Crippen molar-refractivity contribution >= 4 is 44.6 Å². The van der Waals surface area contributed by atoms with E-state index in [1.807, 2.05) is 6.20 Å². The molecule has 0 amide bonds. The van der Waals surface area contributed by atoms with Gasteiger partial charge in [0.2, 0.25) is 0 Å². The Labute approximate surface area is 363 Å². The molecule has 0 atom stereocenters. The topological polar surface area (TPSA) is 24.3 Å². The third kappa shape index (κ3) is 6.52. The third-order valence-corrected chi connectivity index (χ3v) is 12.8. The second kappa shape index (κ2) is 15.4. The summed E-state index contributed by atoms with van der Waals surface area (Å²) in [5.74, 6) is 0.929. The fourth-order valence-corrected chi connectivity index (χ4v) is 9.56. The molecule has 11 rings (SSSR count). The van der Waals surface area contributed by atoms with Crippen molar-refractivity contribution in [3.63, 3.8) is 0 Å². The van der Waals surface area contributed by atoms with Crippen LogP contribution in [-0.4, -0.2) is 16.2 Å². The quantitative estimate of drug-likeness (QED) is 0.145. The zero-order chi connectivity index (χ0) is 41.6. The average Bonchev–Trinajstić information content (AvgIpc) is 3.88. The molecular formula is C58H46N4. The van der Waals surface area contributed by atoms with Gasteiger partial charge < -0.3 is 9.80 Å². The standard InChI is InChI=1S/C58H46N4/c1-58(2,45-23-10-5-11-24-45)46-34-35-59-56(39-46)62-52-29-13-12-26-50(52)51-33-32-42(38-55(51)62)36-41-18-16-25-47(37-41)60-40-61(54-31-15-14-30-53(54)60)57-48(43-19-6-3-7-20-43)27-17-28-49(57)44-21-8-4-9-22-44/h3-35,37-39H,36,40H2,1-2H3. The lowest BCUT2D eigenvalue weighted by atomic mass is 9.78. The van der Waals surface area contributed by atoms with Crippen LogP contribution >= 0.6 is 0 Å². The average molecular weight is 799 g/mol. The van der Waals surface area contributed by atoms with Crippen LogP contribution < -0.4 is 9.80 Å². The van der Waals surface area contributed by atoms with Crippen molar-refractivity contribution in [1.82, 2.24) is 9.55 Å². The molecule has 0 fully saturated rings. The van der Waals surface area contributed by atoms with Crippen LogP contribution in [0.3, 0.4) is 0 Å². The minimum absolute atomic E-state index is 0.184. The van der Waals surface area contributed by atoms with E-state index in [0.717, 1.165) is 23.3 Å². The molecule has 62 heavy (non-hydrogen) atoms. The molecular weight excluding hydrogens is 753 g/mol. The van der Waals surface area contributed by atoms with Gasteiger partial charge in [-0.2, -0.15) is 0 Å². The highest BCUT2D eigenvalue weighted by Crippen LogP contribution is 2.50. The normalized spacial score (nSPS) is 12.6. The first-order valence-electron chi connectivity index (χ1n) is 21.5. The highest BCUT2D eigenvalue weighted by atomic mass is 15.4. The lowest BCUT2D eigenvalue weighted by Gasteiger charge is -2.27. The van der Waals surface area contributed by atoms with Gasteiger partial charge in [-0.1, -0.05) is 178 Å². The number of anilines is 4. The Balaban J connectivity index is 0.962. The molecule has 3 heterocycles. The Bertz CT molecular complexity index is 3160. The van der Waals surface area contributed by atoms with Crippen LogP contribution in [0.4, 0.5) is 22.7 Å². The molecule has 2 aromatic heterocycles. The van der Waals surface area contributed by atoms with E-state index >= 15 is 0 Å². The van der Waals surface area contributed by atoms with E-state index in [2.05, 4.69) is 241 Å². The second-order valence-electron chi connectivity index (χ2n) is 16.9. The number of nitrogens with zero attached hydrogens (tertiary/aromatic N) is 4. The first-order valence-corrected chi connectivity index (χ1v) is 21.5. The van der Waals surface area contributed by atoms with Crippen molar-refractivity contribution < 1.29 is 0 Å². The molecule has 0 bridgehead atoms. The maximum absolute atomic E-state index is 5.00. The van der Waals surface area contributed by atoms with Crippen LogP contribution in [0.1, 0.15) is 36.1 Å². The lowest BCUT2D eigenvalue weighted by Crippen LogP contribution is -2.25. The molecule has 0 saturated heterocycles. The number of pyridine rings is 1. The third-order valence-electron chi connectivity index (χ3n) is 12.8. The second-order valence-corrected chi connectivity index (χ2v) is 16.9. The van der Waals surface area contributed by atoms with Gasteiger partial charge in [0.25, 0.3) is 0 Å². The summed E-state index contributed by atoms with van der Waals surface area (Å²) in [6.45, 7) is 5.28. The van der Waals surface area contributed by atoms with Crippen LogP contribution in [0, 0.1) is 0 Å². The van der Waals surface area contributed by atoms with Gasteiger partial charge in [0.1, 0.15) is 12.5 Å². The van der Waals surface area contributed by atoms with Crippen LogP contribution in [-0.2, 0) is 11.8 Å². The Morgan fingerprint density at radius 1 is 0.468 bits per heavy atom. The lowest BCUT2D eigenvalue weighted by molar-refractivity contribution is 0.639. The summed E-state index contributed by atoms with van der Waals surface area (Å²) in [6, 6.07) is 77.1. The highest BCUT2D eigenvalue weighted by Gasteiger charge is 2.31. The summed E-state index contributed by atoms with van der Waals surface area (Å²) in [5.41, 5.74) is 16.8. The van der Waals surface area contributed by atoms with E-state index in [0.29, 0.717) is 6.67 Å². The molecule has 0 aliphatic carbocycles. The first-order chi connectivity index (χ1) is 30.5. The fraction of sp³-hybridized carbons (Fsp3) is 0.0862. The van der Waals surface area contributed by atoms with Crippen molar-refractivity contribution in [3.05, 3.63) is 241 Å². The summed E-state index contributed by atoms with van der Waals surface area (Å²) < 4.78 is 2.35. The van der Waals surface area contributed by atoms with E-state index in [1.165, 1.54) is 78.0 Å². The molecule has 0 N–H and O–H groups in total. The SMILES string of the molecule is CC(C)(c1ccccc1)c1ccnc(-n2c3ccccc3c3ccc(Cc4cccc(N5CN(c6c(-c7ccccc7)cccc6-c6ccccc6)c6ccccc65)c4)cc32)c1. The van der Waals surface area contributed by atoms with E-state index in [-0.39, 0.29) is 5.41 Å². The predicted molar refractivity (Wildman–Crippen MR) is 259 cm³/mol. The molecule has 298 valence electrons. The molecule has 4 heteroatoms. The van der Waals surface area contributed by atoms with Crippen molar-refractivity contribution in [3.8, 4) is 28.1 Å². The van der Waals surface area contributed by atoms with Crippen LogP contribution in [0.25, 0.3) is 49.9 Å². The number of benzene rings is 8. The van der Waals surface area contributed by atoms with Gasteiger partial charge in [0, 0.05) is 39.2 Å². The molecule has 0 radical (unpaired) electrons. The molecule has 1 aliphatic rings. The highest BCUT2D eigenvalue weighted by molar-refractivity contribution is 6.09. The Kier molecular flexibility index (Phi) is 9.27. The minimum atomic E-state index is -0.184. The van der Waals surface area contributed by atoms with E-state index in [9.17, 15) is 0 Å². The molecule has 0 unspecified atom stereocenters. The molecule has 0 spiro atoms. The molecule has 8 aromatic carbocycles. The van der Waals surface area contributed by atoms with Gasteiger partial charge in [-0.25, -0.2) is 4.98 Å². The van der Waals surface area contributed by atoms with Gasteiger partial charge in [-0.15, -0.1) is 0 Å².